The third kappa shape index (κ3) is 4.06. The Labute approximate surface area is 135 Å². The number of aromatic nitrogens is 4. The van der Waals surface area contributed by atoms with Gasteiger partial charge in [0.05, 0.1) is 13.2 Å². The molecule has 3 aromatic rings. The predicted molar refractivity (Wildman–Crippen MR) is 88.3 cm³/mol. The Balaban J connectivity index is 1.65. The van der Waals surface area contributed by atoms with Gasteiger partial charge in [-0.1, -0.05) is 30.3 Å². The molecule has 0 atom stereocenters. The molecule has 0 saturated heterocycles. The van der Waals surface area contributed by atoms with Crippen LogP contribution in [0.1, 0.15) is 18.3 Å². The van der Waals surface area contributed by atoms with Crippen LogP contribution in [0.2, 0.25) is 0 Å². The van der Waals surface area contributed by atoms with Crippen molar-refractivity contribution in [2.75, 3.05) is 11.9 Å². The number of rotatable bonds is 7. The minimum absolute atomic E-state index is 0.567. The van der Waals surface area contributed by atoms with Crippen LogP contribution in [0.5, 0.6) is 5.88 Å². The fourth-order valence-corrected chi connectivity index (χ4v) is 2.26. The molecule has 3 rings (SSSR count). The van der Waals surface area contributed by atoms with Gasteiger partial charge in [0, 0.05) is 25.0 Å². The van der Waals surface area contributed by atoms with Crippen LogP contribution in [0.4, 0.5) is 5.82 Å². The summed E-state index contributed by atoms with van der Waals surface area (Å²) in [5.41, 5.74) is 1.24. The van der Waals surface area contributed by atoms with Gasteiger partial charge >= 0.3 is 0 Å². The van der Waals surface area contributed by atoms with E-state index in [0.29, 0.717) is 19.0 Å². The van der Waals surface area contributed by atoms with Crippen LogP contribution < -0.4 is 10.1 Å². The minimum atomic E-state index is 0.567. The van der Waals surface area contributed by atoms with Crippen molar-refractivity contribution in [3.05, 3.63) is 66.5 Å². The number of ether oxygens (including phenoxy) is 1. The van der Waals surface area contributed by atoms with E-state index in [-0.39, 0.29) is 0 Å². The minimum Gasteiger partial charge on any atom is -0.478 e. The summed E-state index contributed by atoms with van der Waals surface area (Å²) in [6, 6.07) is 12.1. The molecule has 0 aliphatic carbocycles. The highest BCUT2D eigenvalue weighted by atomic mass is 16.5. The molecule has 6 heteroatoms. The predicted octanol–water partition coefficient (Wildman–Crippen LogP) is 2.73. The van der Waals surface area contributed by atoms with Gasteiger partial charge in [-0.3, -0.25) is 0 Å². The number of nitrogens with zero attached hydrogens (tertiary/aromatic N) is 4. The molecule has 0 spiro atoms. The van der Waals surface area contributed by atoms with E-state index >= 15 is 0 Å². The molecule has 23 heavy (non-hydrogen) atoms. The average Bonchev–Trinajstić information content (AvgIpc) is 3.02. The van der Waals surface area contributed by atoms with Crippen molar-refractivity contribution in [3.63, 3.8) is 0 Å². The number of nitrogens with one attached hydrogen (secondary N) is 1. The van der Waals surface area contributed by atoms with Crippen LogP contribution in [0.25, 0.3) is 0 Å². The summed E-state index contributed by atoms with van der Waals surface area (Å²) in [7, 11) is 0. The largest absolute Gasteiger partial charge is 0.478 e. The SMILES string of the molecule is CCOc1cc(NCc2nccn2Cc2ccccc2)ncn1. The Morgan fingerprint density at radius 1 is 1.13 bits per heavy atom. The van der Waals surface area contributed by atoms with E-state index in [1.807, 2.05) is 37.5 Å². The summed E-state index contributed by atoms with van der Waals surface area (Å²) < 4.78 is 7.49. The Kier molecular flexibility index (Phi) is 4.83. The van der Waals surface area contributed by atoms with Gasteiger partial charge in [0.1, 0.15) is 18.0 Å². The van der Waals surface area contributed by atoms with Gasteiger partial charge in [-0.2, -0.15) is 0 Å². The van der Waals surface area contributed by atoms with E-state index < -0.39 is 0 Å². The highest BCUT2D eigenvalue weighted by Gasteiger charge is 2.05. The first-order valence-corrected chi connectivity index (χ1v) is 7.58. The summed E-state index contributed by atoms with van der Waals surface area (Å²) in [6.45, 7) is 3.89. The number of benzene rings is 1. The molecule has 2 heterocycles. The topological polar surface area (TPSA) is 64.9 Å². The number of hydrogen-bond acceptors (Lipinski definition) is 5. The molecule has 6 nitrogen and oxygen atoms in total. The second-order valence-electron chi connectivity index (χ2n) is 4.99. The maximum Gasteiger partial charge on any atom is 0.218 e. The lowest BCUT2D eigenvalue weighted by Crippen LogP contribution is -2.10. The van der Waals surface area contributed by atoms with E-state index in [1.165, 1.54) is 11.9 Å². The van der Waals surface area contributed by atoms with Crippen LogP contribution in [0.3, 0.4) is 0 Å². The smallest absolute Gasteiger partial charge is 0.218 e. The maximum absolute atomic E-state index is 5.37. The first-order chi connectivity index (χ1) is 11.3. The van der Waals surface area contributed by atoms with Gasteiger partial charge in [0.2, 0.25) is 5.88 Å². The van der Waals surface area contributed by atoms with Gasteiger partial charge in [-0.15, -0.1) is 0 Å². The van der Waals surface area contributed by atoms with Crippen molar-refractivity contribution in [1.29, 1.82) is 0 Å². The fraction of sp³-hybridized carbons (Fsp3) is 0.235. The van der Waals surface area contributed by atoms with Gasteiger partial charge in [0.25, 0.3) is 0 Å². The van der Waals surface area contributed by atoms with Crippen LogP contribution >= 0.6 is 0 Å². The number of hydrogen-bond donors (Lipinski definition) is 1. The lowest BCUT2D eigenvalue weighted by molar-refractivity contribution is 0.326. The second kappa shape index (κ2) is 7.40. The molecule has 0 aliphatic heterocycles. The first kappa shape index (κ1) is 15.0. The van der Waals surface area contributed by atoms with Crippen molar-refractivity contribution in [2.45, 2.75) is 20.0 Å². The molecule has 0 aliphatic rings. The zero-order chi connectivity index (χ0) is 15.9. The molecule has 2 aromatic heterocycles. The summed E-state index contributed by atoms with van der Waals surface area (Å²) in [5.74, 6) is 2.24. The summed E-state index contributed by atoms with van der Waals surface area (Å²) in [5, 5.41) is 3.26. The molecule has 118 valence electrons. The zero-order valence-corrected chi connectivity index (χ0v) is 13.0. The monoisotopic (exact) mass is 309 g/mol. The normalized spacial score (nSPS) is 10.5. The highest BCUT2D eigenvalue weighted by molar-refractivity contribution is 5.37. The number of anilines is 1. The molecular formula is C17H19N5O. The lowest BCUT2D eigenvalue weighted by atomic mass is 10.2. The summed E-state index contributed by atoms with van der Waals surface area (Å²) in [6.07, 6.45) is 5.28. The fourth-order valence-electron chi connectivity index (χ4n) is 2.26. The average molecular weight is 309 g/mol. The summed E-state index contributed by atoms with van der Waals surface area (Å²) in [4.78, 5) is 12.7. The summed E-state index contributed by atoms with van der Waals surface area (Å²) >= 11 is 0. The van der Waals surface area contributed by atoms with Gasteiger partial charge in [-0.05, 0) is 12.5 Å². The quantitative estimate of drug-likeness (QED) is 0.727. The molecule has 0 fully saturated rings. The van der Waals surface area contributed by atoms with E-state index in [2.05, 4.69) is 37.0 Å². The molecule has 0 bridgehead atoms. The Bertz CT molecular complexity index is 742. The van der Waals surface area contributed by atoms with Gasteiger partial charge in [0.15, 0.2) is 0 Å². The molecule has 0 radical (unpaired) electrons. The third-order valence-corrected chi connectivity index (χ3v) is 3.36. The van der Waals surface area contributed by atoms with E-state index in [0.717, 1.165) is 18.2 Å². The number of imidazole rings is 1. The molecular weight excluding hydrogens is 290 g/mol. The molecule has 0 amide bonds. The molecule has 0 saturated carbocycles. The lowest BCUT2D eigenvalue weighted by Gasteiger charge is -2.10. The first-order valence-electron chi connectivity index (χ1n) is 7.58. The van der Waals surface area contributed by atoms with E-state index in [1.54, 1.807) is 6.07 Å². The van der Waals surface area contributed by atoms with Crippen molar-refractivity contribution in [3.8, 4) is 5.88 Å². The van der Waals surface area contributed by atoms with Crippen molar-refractivity contribution in [2.24, 2.45) is 0 Å². The molecule has 0 unspecified atom stereocenters. The third-order valence-electron chi connectivity index (χ3n) is 3.36. The zero-order valence-electron chi connectivity index (χ0n) is 13.0. The van der Waals surface area contributed by atoms with Crippen LogP contribution in [0, 0.1) is 0 Å². The van der Waals surface area contributed by atoms with Gasteiger partial charge < -0.3 is 14.6 Å². The second-order valence-corrected chi connectivity index (χ2v) is 4.99. The Morgan fingerprint density at radius 2 is 2.00 bits per heavy atom. The van der Waals surface area contributed by atoms with E-state index in [4.69, 9.17) is 4.74 Å². The molecule has 1 N–H and O–H groups in total. The molecule has 1 aromatic carbocycles. The standard InChI is InChI=1S/C17H19N5O/c1-2-23-17-10-15(20-13-21-17)19-11-16-18-8-9-22(16)12-14-6-4-3-5-7-14/h3-10,13H,2,11-12H2,1H3,(H,19,20,21). The van der Waals surface area contributed by atoms with E-state index in [9.17, 15) is 0 Å². The van der Waals surface area contributed by atoms with Crippen molar-refractivity contribution in [1.82, 2.24) is 19.5 Å². The van der Waals surface area contributed by atoms with Crippen LogP contribution in [0.15, 0.2) is 55.1 Å². The van der Waals surface area contributed by atoms with Crippen molar-refractivity contribution >= 4 is 5.82 Å². The van der Waals surface area contributed by atoms with Gasteiger partial charge in [-0.25, -0.2) is 15.0 Å². The van der Waals surface area contributed by atoms with Crippen molar-refractivity contribution < 1.29 is 4.74 Å². The maximum atomic E-state index is 5.37. The van der Waals surface area contributed by atoms with Crippen LogP contribution in [-0.4, -0.2) is 26.1 Å². The Hall–Kier alpha value is -2.89. The van der Waals surface area contributed by atoms with Crippen LogP contribution in [-0.2, 0) is 13.1 Å². The Morgan fingerprint density at radius 3 is 2.83 bits per heavy atom. The highest BCUT2D eigenvalue weighted by Crippen LogP contribution is 2.12.